The van der Waals surface area contributed by atoms with E-state index in [2.05, 4.69) is 20.5 Å². The van der Waals surface area contributed by atoms with Crippen molar-refractivity contribution in [3.63, 3.8) is 0 Å². The van der Waals surface area contributed by atoms with Crippen LogP contribution in [-0.2, 0) is 6.18 Å². The van der Waals surface area contributed by atoms with E-state index in [4.69, 9.17) is 0 Å². The van der Waals surface area contributed by atoms with E-state index in [-0.39, 0.29) is 5.69 Å². The maximum Gasteiger partial charge on any atom is 0.417 e. The summed E-state index contributed by atoms with van der Waals surface area (Å²) in [6.45, 7) is 0. The number of nitrogens with zero attached hydrogens (tertiary/aromatic N) is 4. The quantitative estimate of drug-likeness (QED) is 0.171. The maximum atomic E-state index is 12.8. The van der Waals surface area contributed by atoms with Gasteiger partial charge in [-0.05, 0) is 18.2 Å². The second kappa shape index (κ2) is 10.0. The molecule has 7 nitrogen and oxygen atoms in total. The molecule has 0 amide bonds. The number of nitro groups is 1. The van der Waals surface area contributed by atoms with Gasteiger partial charge in [-0.3, -0.25) is 15.5 Å². The Labute approximate surface area is 199 Å². The normalized spacial score (nSPS) is 11.6. The van der Waals surface area contributed by atoms with Gasteiger partial charge < -0.3 is 0 Å². The minimum Gasteiger partial charge on any atom is -0.258 e. The van der Waals surface area contributed by atoms with Crippen LogP contribution in [0.2, 0.25) is 0 Å². The summed E-state index contributed by atoms with van der Waals surface area (Å²) in [5, 5.41) is 18.0. The number of halogens is 3. The standard InChI is InChI=1S/C22H14F3N5O2S2/c23-22(24,25)16-6-9-20(26-12-16)34-19-8-7-17(30(31)32)10-15(19)11-27-29-21-28-18(13-33-21)14-4-2-1-3-5-14/h1-13H,(H,28,29). The van der Waals surface area contributed by atoms with Crippen molar-refractivity contribution in [2.24, 2.45) is 5.10 Å². The zero-order valence-electron chi connectivity index (χ0n) is 17.1. The van der Waals surface area contributed by atoms with Crippen molar-refractivity contribution in [3.8, 4) is 11.3 Å². The summed E-state index contributed by atoms with van der Waals surface area (Å²) < 4.78 is 38.3. The second-order valence-electron chi connectivity index (χ2n) is 6.74. The highest BCUT2D eigenvalue weighted by Gasteiger charge is 2.30. The van der Waals surface area contributed by atoms with E-state index in [1.807, 2.05) is 35.7 Å². The predicted molar refractivity (Wildman–Crippen MR) is 125 cm³/mol. The Morgan fingerprint density at radius 3 is 2.59 bits per heavy atom. The molecule has 2 aromatic heterocycles. The number of benzene rings is 2. The van der Waals surface area contributed by atoms with Gasteiger partial charge in [-0.1, -0.05) is 42.1 Å². The van der Waals surface area contributed by atoms with Gasteiger partial charge in [-0.2, -0.15) is 18.3 Å². The summed E-state index contributed by atoms with van der Waals surface area (Å²) in [7, 11) is 0. The fourth-order valence-electron chi connectivity index (χ4n) is 2.79. The van der Waals surface area contributed by atoms with Crippen molar-refractivity contribution < 1.29 is 18.1 Å². The van der Waals surface area contributed by atoms with E-state index in [9.17, 15) is 23.3 Å². The molecule has 4 rings (SSSR count). The third kappa shape index (κ3) is 5.77. The van der Waals surface area contributed by atoms with Gasteiger partial charge in [0.25, 0.3) is 5.69 Å². The SMILES string of the molecule is O=[N+]([O-])c1ccc(Sc2ccc(C(F)(F)F)cn2)c(C=NNc2nc(-c3ccccc3)cs2)c1. The van der Waals surface area contributed by atoms with Crippen LogP contribution in [0.1, 0.15) is 11.1 Å². The van der Waals surface area contributed by atoms with Gasteiger partial charge in [0, 0.05) is 39.7 Å². The summed E-state index contributed by atoms with van der Waals surface area (Å²) in [6.07, 6.45) is -2.35. The Morgan fingerprint density at radius 2 is 1.91 bits per heavy atom. The number of nitro benzene ring substituents is 1. The highest BCUT2D eigenvalue weighted by atomic mass is 32.2. The van der Waals surface area contributed by atoms with Crippen LogP contribution in [0.25, 0.3) is 11.3 Å². The Balaban J connectivity index is 1.53. The molecule has 2 heterocycles. The van der Waals surface area contributed by atoms with Gasteiger partial charge in [-0.25, -0.2) is 9.97 Å². The molecule has 4 aromatic rings. The van der Waals surface area contributed by atoms with Crippen LogP contribution >= 0.6 is 23.1 Å². The van der Waals surface area contributed by atoms with Crippen LogP contribution in [0.15, 0.2) is 87.3 Å². The molecule has 0 aliphatic heterocycles. The number of nitrogens with one attached hydrogen (secondary N) is 1. The van der Waals surface area contributed by atoms with E-state index >= 15 is 0 Å². The molecular weight excluding hydrogens is 487 g/mol. The van der Waals surface area contributed by atoms with Gasteiger partial charge in [0.15, 0.2) is 0 Å². The van der Waals surface area contributed by atoms with Crippen LogP contribution in [0.3, 0.4) is 0 Å². The largest absolute Gasteiger partial charge is 0.417 e. The maximum absolute atomic E-state index is 12.8. The molecule has 0 radical (unpaired) electrons. The van der Waals surface area contributed by atoms with Crippen molar-refractivity contribution in [1.29, 1.82) is 0 Å². The number of thiazole rings is 1. The summed E-state index contributed by atoms with van der Waals surface area (Å²) in [4.78, 5) is 19.5. The summed E-state index contributed by atoms with van der Waals surface area (Å²) >= 11 is 2.41. The minimum atomic E-state index is -4.48. The Morgan fingerprint density at radius 1 is 1.12 bits per heavy atom. The third-order valence-electron chi connectivity index (χ3n) is 4.42. The van der Waals surface area contributed by atoms with E-state index in [1.54, 1.807) is 0 Å². The first-order chi connectivity index (χ1) is 16.3. The molecule has 0 bridgehead atoms. The number of alkyl halides is 3. The highest BCUT2D eigenvalue weighted by molar-refractivity contribution is 7.99. The van der Waals surface area contributed by atoms with Crippen LogP contribution in [0, 0.1) is 10.1 Å². The molecule has 12 heteroatoms. The number of hydrogen-bond donors (Lipinski definition) is 1. The van der Waals surface area contributed by atoms with Gasteiger partial charge in [-0.15, -0.1) is 11.3 Å². The number of pyridine rings is 1. The fourth-order valence-corrected chi connectivity index (χ4v) is 4.29. The van der Waals surface area contributed by atoms with Gasteiger partial charge in [0.1, 0.15) is 5.03 Å². The van der Waals surface area contributed by atoms with Gasteiger partial charge in [0.05, 0.1) is 22.4 Å². The average molecular weight is 502 g/mol. The first kappa shape index (κ1) is 23.4. The number of anilines is 1. The summed E-state index contributed by atoms with van der Waals surface area (Å²) in [6, 6.07) is 15.9. The van der Waals surface area contributed by atoms with Crippen molar-refractivity contribution in [1.82, 2.24) is 9.97 Å². The Hall–Kier alpha value is -3.77. The van der Waals surface area contributed by atoms with E-state index < -0.39 is 16.7 Å². The first-order valence-corrected chi connectivity index (χ1v) is 11.3. The van der Waals surface area contributed by atoms with Crippen LogP contribution in [0.4, 0.5) is 24.0 Å². The topological polar surface area (TPSA) is 93.3 Å². The lowest BCUT2D eigenvalue weighted by atomic mass is 10.2. The smallest absolute Gasteiger partial charge is 0.258 e. The summed E-state index contributed by atoms with van der Waals surface area (Å²) in [5.41, 5.74) is 3.93. The molecule has 0 fully saturated rings. The lowest BCUT2D eigenvalue weighted by Crippen LogP contribution is -2.05. The number of non-ortho nitro benzene ring substituents is 1. The molecule has 34 heavy (non-hydrogen) atoms. The molecule has 0 aliphatic carbocycles. The molecule has 0 aliphatic rings. The van der Waals surface area contributed by atoms with E-state index in [1.165, 1.54) is 41.8 Å². The lowest BCUT2D eigenvalue weighted by molar-refractivity contribution is -0.384. The monoisotopic (exact) mass is 501 g/mol. The van der Waals surface area contributed by atoms with E-state index in [0.29, 0.717) is 20.6 Å². The molecule has 1 N–H and O–H groups in total. The molecular formula is C22H14F3N5O2S2. The molecule has 172 valence electrons. The number of aromatic nitrogens is 2. The average Bonchev–Trinajstić information content (AvgIpc) is 3.29. The van der Waals surface area contributed by atoms with Gasteiger partial charge >= 0.3 is 6.18 Å². The Bertz CT molecular complexity index is 1330. The van der Waals surface area contributed by atoms with Crippen molar-refractivity contribution in [3.05, 3.63) is 93.5 Å². The van der Waals surface area contributed by atoms with Crippen molar-refractivity contribution >= 4 is 40.1 Å². The summed E-state index contributed by atoms with van der Waals surface area (Å²) in [5.74, 6) is 0. The molecule has 2 aromatic carbocycles. The van der Waals surface area contributed by atoms with Gasteiger partial charge in [0.2, 0.25) is 5.13 Å². The zero-order chi connectivity index (χ0) is 24.1. The molecule has 0 saturated heterocycles. The number of hydrazone groups is 1. The fraction of sp³-hybridized carbons (Fsp3) is 0.0455. The first-order valence-electron chi connectivity index (χ1n) is 9.59. The second-order valence-corrected chi connectivity index (χ2v) is 8.66. The third-order valence-corrected chi connectivity index (χ3v) is 6.21. The molecule has 0 spiro atoms. The van der Waals surface area contributed by atoms with Crippen molar-refractivity contribution in [2.45, 2.75) is 16.1 Å². The lowest BCUT2D eigenvalue weighted by Gasteiger charge is -2.08. The zero-order valence-corrected chi connectivity index (χ0v) is 18.7. The highest BCUT2D eigenvalue weighted by Crippen LogP contribution is 2.33. The molecule has 0 unspecified atom stereocenters. The number of rotatable bonds is 7. The van der Waals surface area contributed by atoms with Crippen LogP contribution in [-0.4, -0.2) is 21.1 Å². The minimum absolute atomic E-state index is 0.146. The molecule has 0 saturated carbocycles. The molecule has 0 atom stereocenters. The van der Waals surface area contributed by atoms with Crippen LogP contribution in [0.5, 0.6) is 0 Å². The van der Waals surface area contributed by atoms with Crippen LogP contribution < -0.4 is 5.43 Å². The number of hydrogen-bond acceptors (Lipinski definition) is 8. The Kier molecular flexibility index (Phi) is 6.89. The predicted octanol–water partition coefficient (Wildman–Crippen LogP) is 6.73. The van der Waals surface area contributed by atoms with E-state index in [0.717, 1.165) is 35.3 Å². The van der Waals surface area contributed by atoms with Crippen molar-refractivity contribution in [2.75, 3.05) is 5.43 Å².